The molecule has 1 fully saturated rings. The molecular formula is C13H13Br2NO4. The van der Waals surface area contributed by atoms with Crippen LogP contribution in [0.4, 0.5) is 0 Å². The van der Waals surface area contributed by atoms with Crippen molar-refractivity contribution in [3.63, 3.8) is 0 Å². The standard InChI is InChI=1S/C13H13Br2NO4/c1-20-13(19)11-5-8(17)6-16(11)12(18)9-4-7(14)2-3-10(9)15/h2-4,8,11,17H,5-6H2,1H3. The van der Waals surface area contributed by atoms with Gasteiger partial charge in [-0.05, 0) is 34.1 Å². The predicted octanol–water partition coefficient (Wildman–Crippen LogP) is 1.96. The van der Waals surface area contributed by atoms with E-state index in [1.165, 1.54) is 12.0 Å². The second kappa shape index (κ2) is 6.24. The predicted molar refractivity (Wildman–Crippen MR) is 79.3 cm³/mol. The number of methoxy groups -OCH3 is 1. The van der Waals surface area contributed by atoms with Crippen LogP contribution in [0.3, 0.4) is 0 Å². The second-order valence-corrected chi connectivity index (χ2v) is 6.28. The fourth-order valence-corrected chi connectivity index (χ4v) is 2.99. The summed E-state index contributed by atoms with van der Waals surface area (Å²) in [6.45, 7) is 0.123. The molecule has 1 N–H and O–H groups in total. The number of hydrogen-bond donors (Lipinski definition) is 1. The number of likely N-dealkylation sites (tertiary alicyclic amines) is 1. The molecule has 7 heteroatoms. The number of nitrogens with zero attached hydrogens (tertiary/aromatic N) is 1. The quantitative estimate of drug-likeness (QED) is 0.762. The average molecular weight is 407 g/mol. The first-order chi connectivity index (χ1) is 9.43. The summed E-state index contributed by atoms with van der Waals surface area (Å²) in [5, 5.41) is 9.71. The maximum Gasteiger partial charge on any atom is 0.328 e. The SMILES string of the molecule is COC(=O)C1CC(O)CN1C(=O)c1cc(Br)ccc1Br. The molecule has 2 atom stereocenters. The van der Waals surface area contributed by atoms with Gasteiger partial charge in [0.15, 0.2) is 0 Å². The highest BCUT2D eigenvalue weighted by atomic mass is 79.9. The van der Waals surface area contributed by atoms with Crippen molar-refractivity contribution in [3.8, 4) is 0 Å². The molecule has 20 heavy (non-hydrogen) atoms. The van der Waals surface area contributed by atoms with Gasteiger partial charge in [-0.1, -0.05) is 15.9 Å². The van der Waals surface area contributed by atoms with Crippen molar-refractivity contribution in [2.75, 3.05) is 13.7 Å². The number of aliphatic hydroxyl groups is 1. The molecule has 2 unspecified atom stereocenters. The molecule has 1 aliphatic rings. The van der Waals surface area contributed by atoms with Gasteiger partial charge >= 0.3 is 5.97 Å². The summed E-state index contributed by atoms with van der Waals surface area (Å²) >= 11 is 6.63. The Hall–Kier alpha value is -0.920. The minimum absolute atomic E-state index is 0.123. The molecule has 0 bridgehead atoms. The van der Waals surface area contributed by atoms with E-state index in [2.05, 4.69) is 36.6 Å². The van der Waals surface area contributed by atoms with Crippen molar-refractivity contribution in [1.82, 2.24) is 4.90 Å². The van der Waals surface area contributed by atoms with Crippen molar-refractivity contribution in [2.45, 2.75) is 18.6 Å². The molecular weight excluding hydrogens is 394 g/mol. The molecule has 1 heterocycles. The van der Waals surface area contributed by atoms with Gasteiger partial charge in [-0.3, -0.25) is 4.79 Å². The Morgan fingerprint density at radius 3 is 2.75 bits per heavy atom. The molecule has 0 radical (unpaired) electrons. The lowest BCUT2D eigenvalue weighted by molar-refractivity contribution is -0.145. The second-order valence-electron chi connectivity index (χ2n) is 4.51. The van der Waals surface area contributed by atoms with Gasteiger partial charge in [0.2, 0.25) is 0 Å². The topological polar surface area (TPSA) is 66.8 Å². The van der Waals surface area contributed by atoms with E-state index in [0.717, 1.165) is 4.47 Å². The molecule has 1 aromatic rings. The van der Waals surface area contributed by atoms with E-state index in [9.17, 15) is 14.7 Å². The van der Waals surface area contributed by atoms with Gasteiger partial charge < -0.3 is 14.7 Å². The molecule has 1 aromatic carbocycles. The third-order valence-corrected chi connectivity index (χ3v) is 4.36. The number of β-amino-alcohol motifs (C(OH)–C–C–N with tert-alkyl or cyclic N) is 1. The lowest BCUT2D eigenvalue weighted by atomic mass is 10.1. The molecule has 0 aromatic heterocycles. The lowest BCUT2D eigenvalue weighted by Gasteiger charge is -2.23. The first-order valence-electron chi connectivity index (χ1n) is 5.96. The Balaban J connectivity index is 2.31. The number of carbonyl (C=O) groups is 2. The molecule has 5 nitrogen and oxygen atoms in total. The van der Waals surface area contributed by atoms with Crippen molar-refractivity contribution >= 4 is 43.7 Å². The summed E-state index contributed by atoms with van der Waals surface area (Å²) in [7, 11) is 1.27. The maximum atomic E-state index is 12.6. The van der Waals surface area contributed by atoms with Gasteiger partial charge in [0.1, 0.15) is 6.04 Å². The van der Waals surface area contributed by atoms with Crippen LogP contribution in [0.2, 0.25) is 0 Å². The van der Waals surface area contributed by atoms with E-state index in [0.29, 0.717) is 10.0 Å². The number of hydrogen-bond acceptors (Lipinski definition) is 4. The molecule has 1 aliphatic heterocycles. The van der Waals surface area contributed by atoms with Gasteiger partial charge in [0.05, 0.1) is 18.8 Å². The van der Waals surface area contributed by atoms with Gasteiger partial charge in [0, 0.05) is 21.9 Å². The van der Waals surface area contributed by atoms with Gasteiger partial charge in [-0.25, -0.2) is 4.79 Å². The fraction of sp³-hybridized carbons (Fsp3) is 0.385. The van der Waals surface area contributed by atoms with E-state index in [1.54, 1.807) is 18.2 Å². The lowest BCUT2D eigenvalue weighted by Crippen LogP contribution is -2.41. The van der Waals surface area contributed by atoms with Gasteiger partial charge in [0.25, 0.3) is 5.91 Å². The first kappa shape index (κ1) is 15.5. The zero-order valence-corrected chi connectivity index (χ0v) is 13.8. The molecule has 1 saturated heterocycles. The fourth-order valence-electron chi connectivity index (χ4n) is 2.21. The summed E-state index contributed by atoms with van der Waals surface area (Å²) in [5.41, 5.74) is 0.433. The molecule has 2 rings (SSSR count). The first-order valence-corrected chi connectivity index (χ1v) is 7.54. The Morgan fingerprint density at radius 1 is 1.40 bits per heavy atom. The number of benzene rings is 1. The van der Waals surface area contributed by atoms with Gasteiger partial charge in [-0.2, -0.15) is 0 Å². The Kier molecular flexibility index (Phi) is 4.82. The summed E-state index contributed by atoms with van der Waals surface area (Å²) in [5.74, 6) is -0.828. The van der Waals surface area contributed by atoms with E-state index >= 15 is 0 Å². The Bertz CT molecular complexity index is 549. The number of aliphatic hydroxyl groups excluding tert-OH is 1. The van der Waals surface area contributed by atoms with Crippen LogP contribution in [-0.2, 0) is 9.53 Å². The van der Waals surface area contributed by atoms with Crippen molar-refractivity contribution < 1.29 is 19.4 Å². The van der Waals surface area contributed by atoms with Crippen LogP contribution < -0.4 is 0 Å². The van der Waals surface area contributed by atoms with Crippen molar-refractivity contribution in [3.05, 3.63) is 32.7 Å². The highest BCUT2D eigenvalue weighted by molar-refractivity contribution is 9.11. The minimum Gasteiger partial charge on any atom is -0.467 e. The molecule has 0 aliphatic carbocycles. The monoisotopic (exact) mass is 405 g/mol. The summed E-state index contributed by atoms with van der Waals surface area (Å²) in [6.07, 6.45) is -0.515. The summed E-state index contributed by atoms with van der Waals surface area (Å²) < 4.78 is 6.09. The normalized spacial score (nSPS) is 21.9. The number of rotatable bonds is 2. The third kappa shape index (κ3) is 3.05. The molecule has 1 amide bonds. The third-order valence-electron chi connectivity index (χ3n) is 3.17. The minimum atomic E-state index is -0.742. The Morgan fingerprint density at radius 2 is 2.10 bits per heavy atom. The molecule has 0 saturated carbocycles. The van der Waals surface area contributed by atoms with E-state index in [-0.39, 0.29) is 18.9 Å². The van der Waals surface area contributed by atoms with Crippen molar-refractivity contribution in [1.29, 1.82) is 0 Å². The zero-order chi connectivity index (χ0) is 14.9. The zero-order valence-electron chi connectivity index (χ0n) is 10.7. The largest absolute Gasteiger partial charge is 0.467 e. The summed E-state index contributed by atoms with van der Waals surface area (Å²) in [6, 6.07) is 4.48. The molecule has 108 valence electrons. The van der Waals surface area contributed by atoms with E-state index in [1.807, 2.05) is 0 Å². The molecule has 0 spiro atoms. The number of ether oxygens (including phenoxy) is 1. The van der Waals surface area contributed by atoms with Gasteiger partial charge in [-0.15, -0.1) is 0 Å². The van der Waals surface area contributed by atoms with Crippen LogP contribution in [0.15, 0.2) is 27.1 Å². The van der Waals surface area contributed by atoms with E-state index < -0.39 is 18.1 Å². The number of carbonyl (C=O) groups excluding carboxylic acids is 2. The maximum absolute atomic E-state index is 12.6. The highest BCUT2D eigenvalue weighted by Gasteiger charge is 2.40. The van der Waals surface area contributed by atoms with Crippen LogP contribution in [0.1, 0.15) is 16.8 Å². The van der Waals surface area contributed by atoms with Crippen LogP contribution in [0, 0.1) is 0 Å². The van der Waals surface area contributed by atoms with Crippen LogP contribution in [-0.4, -0.2) is 47.7 Å². The number of amides is 1. The van der Waals surface area contributed by atoms with Crippen LogP contribution in [0.25, 0.3) is 0 Å². The average Bonchev–Trinajstić information content (AvgIpc) is 2.82. The van der Waals surface area contributed by atoms with Crippen molar-refractivity contribution in [2.24, 2.45) is 0 Å². The van der Waals surface area contributed by atoms with Crippen LogP contribution >= 0.6 is 31.9 Å². The smallest absolute Gasteiger partial charge is 0.328 e. The highest BCUT2D eigenvalue weighted by Crippen LogP contribution is 2.27. The number of esters is 1. The number of halogens is 2. The van der Waals surface area contributed by atoms with Crippen LogP contribution in [0.5, 0.6) is 0 Å². The Labute approximate surface area is 133 Å². The van der Waals surface area contributed by atoms with E-state index in [4.69, 9.17) is 0 Å². The summed E-state index contributed by atoms with van der Waals surface area (Å²) in [4.78, 5) is 25.6.